The Hall–Kier alpha value is -0.570. The summed E-state index contributed by atoms with van der Waals surface area (Å²) in [4.78, 5) is 12.0. The molecular weight excluding hydrogens is 202 g/mol. The number of hydrogen-bond donors (Lipinski definition) is 2. The van der Waals surface area contributed by atoms with E-state index in [0.29, 0.717) is 13.0 Å². The summed E-state index contributed by atoms with van der Waals surface area (Å²) in [5, 5.41) is 12.7. The van der Waals surface area contributed by atoms with Crippen LogP contribution in [0.1, 0.15) is 48.0 Å². The number of hydrogen-bond acceptors (Lipinski definition) is 2. The molecule has 1 amide bonds. The summed E-state index contributed by atoms with van der Waals surface area (Å²) in [5.41, 5.74) is -0.664. The fraction of sp³-hybridized carbons (Fsp3) is 0.923. The van der Waals surface area contributed by atoms with Crippen LogP contribution in [-0.4, -0.2) is 23.2 Å². The van der Waals surface area contributed by atoms with Crippen molar-refractivity contribution in [1.82, 2.24) is 5.32 Å². The second kappa shape index (κ2) is 3.73. The molecule has 1 atom stereocenters. The van der Waals surface area contributed by atoms with E-state index in [4.69, 9.17) is 0 Å². The molecule has 1 rings (SSSR count). The highest BCUT2D eigenvalue weighted by Gasteiger charge is 2.68. The van der Waals surface area contributed by atoms with Crippen LogP contribution in [0.4, 0.5) is 0 Å². The molecule has 0 aromatic heterocycles. The van der Waals surface area contributed by atoms with E-state index < -0.39 is 5.60 Å². The molecular formula is C13H25NO2. The topological polar surface area (TPSA) is 49.3 Å². The molecule has 1 fully saturated rings. The number of nitrogens with one attached hydrogen (secondary N) is 1. The molecule has 0 bridgehead atoms. The van der Waals surface area contributed by atoms with Crippen LogP contribution in [0.5, 0.6) is 0 Å². The van der Waals surface area contributed by atoms with E-state index >= 15 is 0 Å². The van der Waals surface area contributed by atoms with Gasteiger partial charge in [-0.3, -0.25) is 4.79 Å². The Morgan fingerprint density at radius 2 is 1.75 bits per heavy atom. The molecule has 16 heavy (non-hydrogen) atoms. The molecule has 0 heterocycles. The van der Waals surface area contributed by atoms with Crippen molar-refractivity contribution in [3.05, 3.63) is 0 Å². The van der Waals surface area contributed by atoms with E-state index in [2.05, 4.69) is 33.0 Å². The Morgan fingerprint density at radius 3 is 2.06 bits per heavy atom. The molecule has 2 N–H and O–H groups in total. The molecule has 1 saturated carbocycles. The molecule has 1 aliphatic carbocycles. The van der Waals surface area contributed by atoms with Gasteiger partial charge in [0, 0.05) is 12.5 Å². The number of carbonyl (C=O) groups excluding carboxylic acids is 1. The van der Waals surface area contributed by atoms with E-state index in [9.17, 15) is 9.90 Å². The summed E-state index contributed by atoms with van der Waals surface area (Å²) < 4.78 is 0. The van der Waals surface area contributed by atoms with Crippen molar-refractivity contribution < 1.29 is 9.90 Å². The van der Waals surface area contributed by atoms with Gasteiger partial charge in [-0.05, 0) is 24.2 Å². The van der Waals surface area contributed by atoms with Gasteiger partial charge in [-0.1, -0.05) is 34.6 Å². The molecule has 0 aliphatic heterocycles. The Kier molecular flexibility index (Phi) is 3.14. The van der Waals surface area contributed by atoms with Crippen LogP contribution in [0.25, 0.3) is 0 Å². The van der Waals surface area contributed by atoms with E-state index in [1.54, 1.807) is 6.92 Å². The van der Waals surface area contributed by atoms with Gasteiger partial charge in [0.1, 0.15) is 0 Å². The summed E-state index contributed by atoms with van der Waals surface area (Å²) in [7, 11) is 0. The van der Waals surface area contributed by atoms with Gasteiger partial charge in [0.25, 0.3) is 0 Å². The van der Waals surface area contributed by atoms with Crippen molar-refractivity contribution in [1.29, 1.82) is 0 Å². The number of rotatable bonds is 4. The molecule has 1 aliphatic rings. The van der Waals surface area contributed by atoms with E-state index in [1.165, 1.54) is 0 Å². The first-order valence-electron chi connectivity index (χ1n) is 6.06. The summed E-state index contributed by atoms with van der Waals surface area (Å²) in [6.07, 6.45) is 0.644. The largest absolute Gasteiger partial charge is 0.388 e. The van der Waals surface area contributed by atoms with Crippen molar-refractivity contribution in [2.24, 2.45) is 16.7 Å². The van der Waals surface area contributed by atoms with Gasteiger partial charge in [0.05, 0.1) is 5.60 Å². The maximum atomic E-state index is 12.0. The summed E-state index contributed by atoms with van der Waals surface area (Å²) in [6.45, 7) is 12.5. The lowest BCUT2D eigenvalue weighted by Gasteiger charge is -2.21. The van der Waals surface area contributed by atoms with Crippen LogP contribution >= 0.6 is 0 Å². The quantitative estimate of drug-likeness (QED) is 0.771. The number of carbonyl (C=O) groups is 1. The van der Waals surface area contributed by atoms with Crippen molar-refractivity contribution in [3.8, 4) is 0 Å². The molecule has 0 aromatic carbocycles. The third-order valence-corrected chi connectivity index (χ3v) is 4.69. The van der Waals surface area contributed by atoms with Gasteiger partial charge in [-0.15, -0.1) is 0 Å². The van der Waals surface area contributed by atoms with Crippen molar-refractivity contribution >= 4 is 5.91 Å². The Bertz CT molecular complexity index is 278. The van der Waals surface area contributed by atoms with Gasteiger partial charge in [0.15, 0.2) is 0 Å². The highest BCUT2D eigenvalue weighted by atomic mass is 16.3. The fourth-order valence-corrected chi connectivity index (χ4v) is 2.36. The number of aliphatic hydroxyl groups is 1. The third kappa shape index (κ3) is 2.10. The first-order valence-corrected chi connectivity index (χ1v) is 6.06. The van der Waals surface area contributed by atoms with Crippen molar-refractivity contribution in [3.63, 3.8) is 0 Å². The molecule has 0 aromatic rings. The van der Waals surface area contributed by atoms with Gasteiger partial charge in [-0.25, -0.2) is 0 Å². The predicted octanol–water partition coefficient (Wildman–Crippen LogP) is 1.95. The molecule has 3 heteroatoms. The SMILES string of the molecule is CCC(C)(O)CNC(=O)C1C(C)(C)C1(C)C. The molecule has 94 valence electrons. The first-order chi connectivity index (χ1) is 7.06. The van der Waals surface area contributed by atoms with E-state index in [-0.39, 0.29) is 22.7 Å². The van der Waals surface area contributed by atoms with Gasteiger partial charge in [0.2, 0.25) is 5.91 Å². The smallest absolute Gasteiger partial charge is 0.224 e. The van der Waals surface area contributed by atoms with Crippen LogP contribution in [-0.2, 0) is 4.79 Å². The van der Waals surface area contributed by atoms with Crippen LogP contribution in [0.15, 0.2) is 0 Å². The summed E-state index contributed by atoms with van der Waals surface area (Å²) in [6, 6.07) is 0. The van der Waals surface area contributed by atoms with Crippen LogP contribution in [0.3, 0.4) is 0 Å². The highest BCUT2D eigenvalue weighted by molar-refractivity contribution is 5.84. The lowest BCUT2D eigenvalue weighted by atomic mass is 10.0. The minimum atomic E-state index is -0.793. The molecule has 3 nitrogen and oxygen atoms in total. The van der Waals surface area contributed by atoms with Gasteiger partial charge >= 0.3 is 0 Å². The van der Waals surface area contributed by atoms with Gasteiger partial charge < -0.3 is 10.4 Å². The summed E-state index contributed by atoms with van der Waals surface area (Å²) in [5.74, 6) is 0.136. The average Bonchev–Trinajstić information content (AvgIpc) is 2.54. The Balaban J connectivity index is 2.51. The Morgan fingerprint density at radius 1 is 1.31 bits per heavy atom. The lowest BCUT2D eigenvalue weighted by molar-refractivity contribution is -0.124. The zero-order valence-corrected chi connectivity index (χ0v) is 11.3. The van der Waals surface area contributed by atoms with Crippen molar-refractivity contribution in [2.45, 2.75) is 53.6 Å². The van der Waals surface area contributed by atoms with Crippen molar-refractivity contribution in [2.75, 3.05) is 6.54 Å². The second-order valence-electron chi connectivity index (χ2n) is 6.44. The fourth-order valence-electron chi connectivity index (χ4n) is 2.36. The standard InChI is InChI=1S/C13H25NO2/c1-7-13(6,16)8-14-10(15)9-11(2,3)12(9,4)5/h9,16H,7-8H2,1-6H3,(H,14,15). The zero-order valence-electron chi connectivity index (χ0n) is 11.3. The normalized spacial score (nSPS) is 25.9. The summed E-state index contributed by atoms with van der Waals surface area (Å²) >= 11 is 0. The van der Waals surface area contributed by atoms with Crippen LogP contribution in [0, 0.1) is 16.7 Å². The van der Waals surface area contributed by atoms with Gasteiger partial charge in [-0.2, -0.15) is 0 Å². The molecule has 0 spiro atoms. The minimum Gasteiger partial charge on any atom is -0.388 e. The third-order valence-electron chi connectivity index (χ3n) is 4.69. The van der Waals surface area contributed by atoms with E-state index in [1.807, 2.05) is 6.92 Å². The molecule has 0 radical (unpaired) electrons. The highest BCUT2D eigenvalue weighted by Crippen LogP contribution is 2.68. The van der Waals surface area contributed by atoms with Crippen LogP contribution in [0.2, 0.25) is 0 Å². The second-order valence-corrected chi connectivity index (χ2v) is 6.44. The first kappa shape index (κ1) is 13.5. The lowest BCUT2D eigenvalue weighted by Crippen LogP contribution is -2.41. The average molecular weight is 227 g/mol. The maximum Gasteiger partial charge on any atom is 0.224 e. The van der Waals surface area contributed by atoms with E-state index in [0.717, 1.165) is 0 Å². The Labute approximate surface area is 98.6 Å². The molecule has 0 saturated heterocycles. The molecule has 1 unspecified atom stereocenters. The number of amides is 1. The monoisotopic (exact) mass is 227 g/mol. The maximum absolute atomic E-state index is 12.0. The minimum absolute atomic E-state index is 0.0626. The predicted molar refractivity (Wildman–Crippen MR) is 65.0 cm³/mol. The van der Waals surface area contributed by atoms with Crippen LogP contribution < -0.4 is 5.32 Å². The zero-order chi connectivity index (χ0) is 12.8.